The maximum absolute atomic E-state index is 6.09. The van der Waals surface area contributed by atoms with Gasteiger partial charge in [0.15, 0.2) is 0 Å². The van der Waals surface area contributed by atoms with Gasteiger partial charge >= 0.3 is 0 Å². The summed E-state index contributed by atoms with van der Waals surface area (Å²) in [5.41, 5.74) is 7.68. The van der Waals surface area contributed by atoms with Crippen molar-refractivity contribution in [3.8, 4) is 0 Å². The zero-order chi connectivity index (χ0) is 13.3. The molecule has 0 fully saturated rings. The van der Waals surface area contributed by atoms with Crippen LogP contribution in [0.2, 0.25) is 0 Å². The molecule has 2 heterocycles. The first-order chi connectivity index (χ1) is 8.50. The number of aromatic nitrogens is 3. The Morgan fingerprint density at radius 3 is 2.78 bits per heavy atom. The highest BCUT2D eigenvalue weighted by Gasteiger charge is 2.17. The van der Waals surface area contributed by atoms with Gasteiger partial charge in [0.25, 0.3) is 0 Å². The van der Waals surface area contributed by atoms with Gasteiger partial charge in [0.1, 0.15) is 10.1 Å². The SMILES string of the molecule is Cc1nn(C(C)C)c(Sc2ncccc2Br)c1N. The van der Waals surface area contributed by atoms with E-state index in [0.29, 0.717) is 0 Å². The molecule has 2 aromatic rings. The van der Waals surface area contributed by atoms with E-state index in [2.05, 4.69) is 39.9 Å². The molecule has 0 aliphatic heterocycles. The Morgan fingerprint density at radius 2 is 2.17 bits per heavy atom. The first-order valence-corrected chi connectivity index (χ1v) is 7.24. The first-order valence-electron chi connectivity index (χ1n) is 5.63. The minimum absolute atomic E-state index is 0.269. The van der Waals surface area contributed by atoms with Crippen molar-refractivity contribution in [2.75, 3.05) is 5.73 Å². The molecule has 0 saturated carbocycles. The molecular weight excluding hydrogens is 312 g/mol. The molecule has 6 heteroatoms. The normalized spacial score (nSPS) is 11.2. The van der Waals surface area contributed by atoms with Crippen molar-refractivity contribution in [2.45, 2.75) is 36.9 Å². The summed E-state index contributed by atoms with van der Waals surface area (Å²) >= 11 is 5.03. The van der Waals surface area contributed by atoms with Crippen molar-refractivity contribution < 1.29 is 0 Å². The van der Waals surface area contributed by atoms with Gasteiger partial charge in [0.05, 0.1) is 15.9 Å². The van der Waals surface area contributed by atoms with E-state index in [1.165, 1.54) is 11.8 Å². The fourth-order valence-corrected chi connectivity index (χ4v) is 3.09. The Balaban J connectivity index is 2.43. The predicted octanol–water partition coefficient (Wildman–Crippen LogP) is 3.66. The third-order valence-electron chi connectivity index (χ3n) is 2.49. The highest BCUT2D eigenvalue weighted by molar-refractivity contribution is 9.10. The van der Waals surface area contributed by atoms with Crippen LogP contribution in [0.5, 0.6) is 0 Å². The monoisotopic (exact) mass is 326 g/mol. The third kappa shape index (κ3) is 2.54. The van der Waals surface area contributed by atoms with E-state index < -0.39 is 0 Å². The molecule has 96 valence electrons. The zero-order valence-corrected chi connectivity index (χ0v) is 12.9. The summed E-state index contributed by atoms with van der Waals surface area (Å²) in [4.78, 5) is 4.34. The molecule has 0 amide bonds. The molecule has 0 spiro atoms. The largest absolute Gasteiger partial charge is 0.395 e. The van der Waals surface area contributed by atoms with Gasteiger partial charge in [-0.25, -0.2) is 4.98 Å². The molecule has 0 aliphatic rings. The lowest BCUT2D eigenvalue weighted by Crippen LogP contribution is -2.05. The van der Waals surface area contributed by atoms with Gasteiger partial charge in [0.2, 0.25) is 0 Å². The Kier molecular flexibility index (Phi) is 3.97. The molecule has 18 heavy (non-hydrogen) atoms. The van der Waals surface area contributed by atoms with Crippen LogP contribution in [0.25, 0.3) is 0 Å². The van der Waals surface area contributed by atoms with Gasteiger partial charge in [0, 0.05) is 12.2 Å². The number of hydrogen-bond donors (Lipinski definition) is 1. The Labute approximate surface area is 119 Å². The van der Waals surface area contributed by atoms with Crippen molar-refractivity contribution in [2.24, 2.45) is 0 Å². The molecule has 0 bridgehead atoms. The zero-order valence-electron chi connectivity index (χ0n) is 10.5. The van der Waals surface area contributed by atoms with Crippen molar-refractivity contribution in [1.82, 2.24) is 14.8 Å². The summed E-state index contributed by atoms with van der Waals surface area (Å²) < 4.78 is 2.90. The molecule has 0 atom stereocenters. The van der Waals surface area contributed by atoms with Crippen molar-refractivity contribution in [3.63, 3.8) is 0 Å². The predicted molar refractivity (Wildman–Crippen MR) is 77.8 cm³/mol. The number of anilines is 1. The van der Waals surface area contributed by atoms with Gasteiger partial charge in [-0.3, -0.25) is 4.68 Å². The minimum Gasteiger partial charge on any atom is -0.395 e. The molecule has 2 aromatic heterocycles. The molecule has 0 unspecified atom stereocenters. The van der Waals surface area contributed by atoms with Crippen molar-refractivity contribution in [1.29, 1.82) is 0 Å². The molecule has 0 aromatic carbocycles. The summed E-state index contributed by atoms with van der Waals surface area (Å²) in [6.07, 6.45) is 1.77. The first kappa shape index (κ1) is 13.4. The van der Waals surface area contributed by atoms with Crippen LogP contribution >= 0.6 is 27.7 Å². The van der Waals surface area contributed by atoms with Gasteiger partial charge < -0.3 is 5.73 Å². The topological polar surface area (TPSA) is 56.7 Å². The number of nitrogen functional groups attached to an aromatic ring is 1. The van der Waals surface area contributed by atoms with E-state index in [-0.39, 0.29) is 6.04 Å². The van der Waals surface area contributed by atoms with Crippen LogP contribution in [-0.2, 0) is 0 Å². The molecule has 2 rings (SSSR count). The summed E-state index contributed by atoms with van der Waals surface area (Å²) in [5.74, 6) is 0. The Hall–Kier alpha value is -1.01. The van der Waals surface area contributed by atoms with Gasteiger partial charge in [-0.2, -0.15) is 5.10 Å². The molecule has 4 nitrogen and oxygen atoms in total. The molecular formula is C12H15BrN4S. The fraction of sp³-hybridized carbons (Fsp3) is 0.333. The lowest BCUT2D eigenvalue weighted by molar-refractivity contribution is 0.491. The van der Waals surface area contributed by atoms with Crippen LogP contribution in [0.3, 0.4) is 0 Å². The summed E-state index contributed by atoms with van der Waals surface area (Å²) in [5, 5.41) is 6.30. The van der Waals surface area contributed by atoms with Crippen LogP contribution in [-0.4, -0.2) is 14.8 Å². The van der Waals surface area contributed by atoms with Crippen LogP contribution in [0.4, 0.5) is 5.69 Å². The van der Waals surface area contributed by atoms with E-state index >= 15 is 0 Å². The van der Waals surface area contributed by atoms with Crippen molar-refractivity contribution in [3.05, 3.63) is 28.5 Å². The molecule has 0 aliphatic carbocycles. The molecule has 2 N–H and O–H groups in total. The molecule has 0 saturated heterocycles. The number of nitrogens with zero attached hydrogens (tertiary/aromatic N) is 3. The lowest BCUT2D eigenvalue weighted by atomic mass is 10.4. The maximum Gasteiger partial charge on any atom is 0.124 e. The second kappa shape index (κ2) is 5.32. The number of rotatable bonds is 3. The van der Waals surface area contributed by atoms with E-state index in [9.17, 15) is 0 Å². The standard InChI is InChI=1S/C12H15BrN4S/c1-7(2)17-12(10(14)8(3)16-17)18-11-9(13)5-4-6-15-11/h4-7H,14H2,1-3H3. The maximum atomic E-state index is 6.09. The quantitative estimate of drug-likeness (QED) is 0.935. The number of halogens is 1. The van der Waals surface area contributed by atoms with Crippen LogP contribution < -0.4 is 5.73 Å². The number of nitrogens with two attached hydrogens (primary N) is 1. The van der Waals surface area contributed by atoms with E-state index in [1.807, 2.05) is 23.7 Å². The fourth-order valence-electron chi connectivity index (χ4n) is 1.53. The summed E-state index contributed by atoms with van der Waals surface area (Å²) in [6, 6.07) is 4.13. The summed E-state index contributed by atoms with van der Waals surface area (Å²) in [7, 11) is 0. The van der Waals surface area contributed by atoms with E-state index in [4.69, 9.17) is 5.73 Å². The number of pyridine rings is 1. The second-order valence-corrected chi connectivity index (χ2v) is 6.07. The van der Waals surface area contributed by atoms with E-state index in [1.54, 1.807) is 6.20 Å². The van der Waals surface area contributed by atoms with Gasteiger partial charge in [-0.05, 0) is 60.6 Å². The van der Waals surface area contributed by atoms with Crippen molar-refractivity contribution >= 4 is 33.4 Å². The van der Waals surface area contributed by atoms with Crippen LogP contribution in [0.15, 0.2) is 32.9 Å². The average Bonchev–Trinajstić information content (AvgIpc) is 2.60. The molecule has 0 radical (unpaired) electrons. The summed E-state index contributed by atoms with van der Waals surface area (Å²) in [6.45, 7) is 6.10. The highest BCUT2D eigenvalue weighted by Crippen LogP contribution is 2.37. The number of aryl methyl sites for hydroxylation is 1. The van der Waals surface area contributed by atoms with E-state index in [0.717, 1.165) is 25.9 Å². The Morgan fingerprint density at radius 1 is 1.44 bits per heavy atom. The minimum atomic E-state index is 0.269. The smallest absolute Gasteiger partial charge is 0.124 e. The second-order valence-electron chi connectivity index (χ2n) is 4.23. The van der Waals surface area contributed by atoms with Gasteiger partial charge in [-0.15, -0.1) is 0 Å². The average molecular weight is 327 g/mol. The van der Waals surface area contributed by atoms with Gasteiger partial charge in [-0.1, -0.05) is 0 Å². The van der Waals surface area contributed by atoms with Crippen LogP contribution in [0.1, 0.15) is 25.6 Å². The van der Waals surface area contributed by atoms with Crippen LogP contribution in [0, 0.1) is 6.92 Å². The third-order valence-corrected chi connectivity index (χ3v) is 4.51. The number of hydrogen-bond acceptors (Lipinski definition) is 4. The lowest BCUT2D eigenvalue weighted by Gasteiger charge is -2.11. The highest BCUT2D eigenvalue weighted by atomic mass is 79.9. The Bertz CT molecular complexity index is 565.